The highest BCUT2D eigenvalue weighted by Crippen LogP contribution is 2.09. The van der Waals surface area contributed by atoms with Crippen LogP contribution < -0.4 is 10.3 Å². The van der Waals surface area contributed by atoms with E-state index in [4.69, 9.17) is 4.74 Å². The van der Waals surface area contributed by atoms with E-state index in [-0.39, 0.29) is 11.3 Å². The van der Waals surface area contributed by atoms with Gasteiger partial charge in [0, 0.05) is 6.07 Å². The Hall–Kier alpha value is -2.30. The van der Waals surface area contributed by atoms with Gasteiger partial charge in [0.15, 0.2) is 0 Å². The smallest absolute Gasteiger partial charge is 0.361 e. The zero-order valence-electron chi connectivity index (χ0n) is 7.69. The van der Waals surface area contributed by atoms with Crippen molar-refractivity contribution in [1.29, 1.82) is 0 Å². The maximum absolute atomic E-state index is 11.4. The predicted octanol–water partition coefficient (Wildman–Crippen LogP) is 0.922. The molecule has 1 aromatic heterocycles. The Bertz CT molecular complexity index is 513. The Balaban J connectivity index is 2.14. The van der Waals surface area contributed by atoms with E-state index in [0.717, 1.165) is 6.07 Å². The van der Waals surface area contributed by atoms with Crippen molar-refractivity contribution in [3.63, 3.8) is 0 Å². The number of H-pyrrole nitrogens is 2. The highest BCUT2D eigenvalue weighted by Gasteiger charge is 2.10. The zero-order valence-corrected chi connectivity index (χ0v) is 7.69. The number of benzene rings is 1. The van der Waals surface area contributed by atoms with E-state index in [1.165, 1.54) is 0 Å². The second-order valence-electron chi connectivity index (χ2n) is 2.87. The molecule has 0 fully saturated rings. The first-order valence-electron chi connectivity index (χ1n) is 4.30. The summed E-state index contributed by atoms with van der Waals surface area (Å²) in [6.45, 7) is 0. The van der Waals surface area contributed by atoms with E-state index in [1.54, 1.807) is 24.3 Å². The number of nitrogens with one attached hydrogen (secondary N) is 2. The number of carbonyl (C=O) groups is 1. The third kappa shape index (κ3) is 2.14. The average molecular weight is 204 g/mol. The Morgan fingerprint density at radius 1 is 1.13 bits per heavy atom. The molecule has 0 aliphatic heterocycles. The van der Waals surface area contributed by atoms with Gasteiger partial charge in [-0.2, -0.15) is 0 Å². The van der Waals surface area contributed by atoms with Crippen LogP contribution >= 0.6 is 0 Å². The van der Waals surface area contributed by atoms with Gasteiger partial charge >= 0.3 is 5.97 Å². The van der Waals surface area contributed by atoms with Crippen LogP contribution in [-0.2, 0) is 0 Å². The first kappa shape index (κ1) is 9.26. The molecule has 2 N–H and O–H groups in total. The first-order valence-corrected chi connectivity index (χ1v) is 4.30. The van der Waals surface area contributed by atoms with Gasteiger partial charge in [-0.25, -0.2) is 4.79 Å². The highest BCUT2D eigenvalue weighted by molar-refractivity contribution is 5.88. The fourth-order valence-corrected chi connectivity index (χ4v) is 1.09. The van der Waals surface area contributed by atoms with Gasteiger partial charge in [-0.05, 0) is 12.1 Å². The summed E-state index contributed by atoms with van der Waals surface area (Å²) in [5.41, 5.74) is -0.265. The van der Waals surface area contributed by atoms with Gasteiger partial charge in [-0.1, -0.05) is 18.2 Å². The lowest BCUT2D eigenvalue weighted by Gasteiger charge is -2.00. The van der Waals surface area contributed by atoms with Gasteiger partial charge < -0.3 is 4.74 Å². The number of aromatic nitrogens is 2. The second-order valence-corrected chi connectivity index (χ2v) is 2.87. The molecule has 2 rings (SSSR count). The molecular formula is C10H8N2O3. The highest BCUT2D eigenvalue weighted by atomic mass is 16.5. The standard InChI is InChI=1S/C10H8N2O3/c13-9-6-8(11-12-9)10(14)15-7-4-2-1-3-5-7/h1-6H,(H2,11,12,13). The summed E-state index contributed by atoms with van der Waals surface area (Å²) in [4.78, 5) is 22.2. The first-order chi connectivity index (χ1) is 7.25. The molecule has 76 valence electrons. The molecule has 5 nitrogen and oxygen atoms in total. The monoisotopic (exact) mass is 204 g/mol. The number of para-hydroxylation sites is 1. The number of carbonyl (C=O) groups excluding carboxylic acids is 1. The van der Waals surface area contributed by atoms with Crippen molar-refractivity contribution in [2.24, 2.45) is 0 Å². The Morgan fingerprint density at radius 2 is 1.87 bits per heavy atom. The summed E-state index contributed by atoms with van der Waals surface area (Å²) in [5, 5.41) is 4.67. The number of hydrogen-bond acceptors (Lipinski definition) is 3. The van der Waals surface area contributed by atoms with Crippen LogP contribution in [-0.4, -0.2) is 16.2 Å². The molecular weight excluding hydrogens is 196 g/mol. The van der Waals surface area contributed by atoms with E-state index in [1.807, 2.05) is 6.07 Å². The lowest BCUT2D eigenvalue weighted by molar-refractivity contribution is 0.0728. The fourth-order valence-electron chi connectivity index (χ4n) is 1.09. The molecule has 0 saturated heterocycles. The minimum Gasteiger partial charge on any atom is -0.422 e. The number of ether oxygens (including phenoxy) is 1. The maximum Gasteiger partial charge on any atom is 0.361 e. The molecule has 0 atom stereocenters. The third-order valence-electron chi connectivity index (χ3n) is 1.77. The number of hydrogen-bond donors (Lipinski definition) is 2. The molecule has 0 spiro atoms. The van der Waals surface area contributed by atoms with Gasteiger partial charge in [-0.3, -0.25) is 15.0 Å². The average Bonchev–Trinajstić information content (AvgIpc) is 2.66. The molecule has 1 aromatic carbocycles. The van der Waals surface area contributed by atoms with Crippen LogP contribution in [0.5, 0.6) is 5.75 Å². The molecule has 2 aromatic rings. The van der Waals surface area contributed by atoms with Crippen molar-refractivity contribution >= 4 is 5.97 Å². The lowest BCUT2D eigenvalue weighted by atomic mass is 10.3. The Labute approximate surface area is 84.7 Å². The topological polar surface area (TPSA) is 75.0 Å². The van der Waals surface area contributed by atoms with E-state index in [0.29, 0.717) is 5.75 Å². The van der Waals surface area contributed by atoms with Crippen molar-refractivity contribution in [3.05, 3.63) is 52.4 Å². The molecule has 0 aliphatic carbocycles. The fraction of sp³-hybridized carbons (Fsp3) is 0. The van der Waals surface area contributed by atoms with Crippen molar-refractivity contribution in [2.75, 3.05) is 0 Å². The van der Waals surface area contributed by atoms with Crippen LogP contribution in [0.25, 0.3) is 0 Å². The Morgan fingerprint density at radius 3 is 2.47 bits per heavy atom. The van der Waals surface area contributed by atoms with E-state index >= 15 is 0 Å². The maximum atomic E-state index is 11.4. The molecule has 0 radical (unpaired) electrons. The summed E-state index contributed by atoms with van der Waals surface area (Å²) >= 11 is 0. The summed E-state index contributed by atoms with van der Waals surface area (Å²) in [6.07, 6.45) is 0. The lowest BCUT2D eigenvalue weighted by Crippen LogP contribution is -2.08. The summed E-state index contributed by atoms with van der Waals surface area (Å²) in [6, 6.07) is 9.77. The van der Waals surface area contributed by atoms with Crippen molar-refractivity contribution in [3.8, 4) is 5.75 Å². The van der Waals surface area contributed by atoms with Crippen molar-refractivity contribution in [2.45, 2.75) is 0 Å². The second kappa shape index (κ2) is 3.83. The molecule has 5 heteroatoms. The summed E-state index contributed by atoms with van der Waals surface area (Å²) in [7, 11) is 0. The molecule has 1 heterocycles. The zero-order chi connectivity index (χ0) is 10.7. The number of aromatic amines is 2. The molecule has 15 heavy (non-hydrogen) atoms. The van der Waals surface area contributed by atoms with Gasteiger partial charge in [0.1, 0.15) is 11.4 Å². The van der Waals surface area contributed by atoms with Crippen LogP contribution in [0, 0.1) is 0 Å². The third-order valence-corrected chi connectivity index (χ3v) is 1.77. The molecule has 0 unspecified atom stereocenters. The molecule has 0 amide bonds. The van der Waals surface area contributed by atoms with Crippen molar-refractivity contribution < 1.29 is 9.53 Å². The number of rotatable bonds is 2. The summed E-state index contributed by atoms with van der Waals surface area (Å²) < 4.78 is 4.98. The van der Waals surface area contributed by atoms with Crippen LogP contribution in [0.3, 0.4) is 0 Å². The van der Waals surface area contributed by atoms with Crippen LogP contribution in [0.15, 0.2) is 41.2 Å². The quantitative estimate of drug-likeness (QED) is 0.564. The molecule has 0 aliphatic rings. The summed E-state index contributed by atoms with van der Waals surface area (Å²) in [5.74, 6) is -0.163. The molecule has 0 bridgehead atoms. The van der Waals surface area contributed by atoms with Gasteiger partial charge in [0.25, 0.3) is 5.56 Å². The minimum atomic E-state index is -0.598. The van der Waals surface area contributed by atoms with E-state index in [9.17, 15) is 9.59 Å². The predicted molar refractivity (Wildman–Crippen MR) is 52.8 cm³/mol. The van der Waals surface area contributed by atoms with Crippen LogP contribution in [0.1, 0.15) is 10.5 Å². The molecule has 0 saturated carbocycles. The van der Waals surface area contributed by atoms with Crippen LogP contribution in [0.2, 0.25) is 0 Å². The van der Waals surface area contributed by atoms with Crippen LogP contribution in [0.4, 0.5) is 0 Å². The number of esters is 1. The van der Waals surface area contributed by atoms with E-state index < -0.39 is 5.97 Å². The largest absolute Gasteiger partial charge is 0.422 e. The van der Waals surface area contributed by atoms with Crippen molar-refractivity contribution in [1.82, 2.24) is 10.2 Å². The van der Waals surface area contributed by atoms with Gasteiger partial charge in [0.05, 0.1) is 0 Å². The minimum absolute atomic E-state index is 0.101. The van der Waals surface area contributed by atoms with Gasteiger partial charge in [0.2, 0.25) is 0 Å². The van der Waals surface area contributed by atoms with E-state index in [2.05, 4.69) is 10.2 Å². The van der Waals surface area contributed by atoms with Gasteiger partial charge in [-0.15, -0.1) is 0 Å². The Kier molecular flexibility index (Phi) is 2.37. The SMILES string of the molecule is O=C(Oc1ccccc1)c1cc(=O)[nH][nH]1. The normalized spacial score (nSPS) is 9.87.